The second-order valence-electron chi connectivity index (χ2n) is 5.99. The van der Waals surface area contributed by atoms with Gasteiger partial charge in [-0.2, -0.15) is 0 Å². The summed E-state index contributed by atoms with van der Waals surface area (Å²) in [5.41, 5.74) is 1.49. The number of carbonyl (C=O) groups is 2. The molecule has 2 amide bonds. The van der Waals surface area contributed by atoms with Gasteiger partial charge in [0.15, 0.2) is 0 Å². The van der Waals surface area contributed by atoms with Gasteiger partial charge in [0, 0.05) is 43.2 Å². The third-order valence-corrected chi connectivity index (χ3v) is 3.79. The molecule has 7 heteroatoms. The summed E-state index contributed by atoms with van der Waals surface area (Å²) < 4.78 is 0. The van der Waals surface area contributed by atoms with Crippen molar-refractivity contribution >= 4 is 23.8 Å². The molecule has 0 unspecified atom stereocenters. The van der Waals surface area contributed by atoms with E-state index in [0.29, 0.717) is 30.6 Å². The molecule has 1 aromatic heterocycles. The topological polar surface area (TPSA) is 96.0 Å². The first-order chi connectivity index (χ1) is 12.7. The summed E-state index contributed by atoms with van der Waals surface area (Å²) in [6.07, 6.45) is 8.62. The first-order valence-electron chi connectivity index (χ1n) is 8.58. The minimum Gasteiger partial charge on any atom is -0.352 e. The number of anilines is 1. The van der Waals surface area contributed by atoms with Gasteiger partial charge in [0.2, 0.25) is 11.9 Å². The third kappa shape index (κ3) is 5.70. The van der Waals surface area contributed by atoms with Gasteiger partial charge < -0.3 is 16.0 Å². The zero-order chi connectivity index (χ0) is 18.2. The molecule has 3 rings (SSSR count). The van der Waals surface area contributed by atoms with Crippen LogP contribution in [0.1, 0.15) is 28.8 Å². The number of hydrogen-bond acceptors (Lipinski definition) is 5. The van der Waals surface area contributed by atoms with E-state index in [1.165, 1.54) is 6.08 Å². The number of carbonyl (C=O) groups excluding carboxylic acids is 2. The number of rotatable bonds is 8. The molecule has 0 saturated heterocycles. The van der Waals surface area contributed by atoms with E-state index in [-0.39, 0.29) is 11.8 Å². The van der Waals surface area contributed by atoms with E-state index in [2.05, 4.69) is 25.9 Å². The van der Waals surface area contributed by atoms with Crippen molar-refractivity contribution in [3.63, 3.8) is 0 Å². The molecule has 26 heavy (non-hydrogen) atoms. The Kier molecular flexibility index (Phi) is 5.92. The maximum absolute atomic E-state index is 11.9. The SMILES string of the molecule is O=C(C=Cc1ccc(C(=O)NC2CC2)cc1)NCCNc1ncccn1. The van der Waals surface area contributed by atoms with Crippen molar-refractivity contribution in [2.75, 3.05) is 18.4 Å². The molecule has 7 nitrogen and oxygen atoms in total. The smallest absolute Gasteiger partial charge is 0.251 e. The summed E-state index contributed by atoms with van der Waals surface area (Å²) >= 11 is 0. The molecule has 1 aliphatic rings. The van der Waals surface area contributed by atoms with Crippen LogP contribution in [0, 0.1) is 0 Å². The minimum absolute atomic E-state index is 0.0457. The van der Waals surface area contributed by atoms with Crippen LogP contribution in [0.3, 0.4) is 0 Å². The zero-order valence-electron chi connectivity index (χ0n) is 14.3. The van der Waals surface area contributed by atoms with E-state index >= 15 is 0 Å². The van der Waals surface area contributed by atoms with Crippen molar-refractivity contribution in [3.8, 4) is 0 Å². The summed E-state index contributed by atoms with van der Waals surface area (Å²) in [4.78, 5) is 31.8. The van der Waals surface area contributed by atoms with Crippen LogP contribution in [0.25, 0.3) is 6.08 Å². The number of nitrogens with one attached hydrogen (secondary N) is 3. The van der Waals surface area contributed by atoms with Gasteiger partial charge in [-0.05, 0) is 42.7 Å². The Hall–Kier alpha value is -3.22. The predicted octanol–water partition coefficient (Wildman–Crippen LogP) is 1.61. The van der Waals surface area contributed by atoms with Crippen LogP contribution < -0.4 is 16.0 Å². The summed E-state index contributed by atoms with van der Waals surface area (Å²) in [5, 5.41) is 8.73. The molecule has 0 radical (unpaired) electrons. The van der Waals surface area contributed by atoms with Gasteiger partial charge in [-0.25, -0.2) is 9.97 Å². The van der Waals surface area contributed by atoms with E-state index in [4.69, 9.17) is 0 Å². The van der Waals surface area contributed by atoms with Crippen molar-refractivity contribution in [1.29, 1.82) is 0 Å². The number of benzene rings is 1. The Morgan fingerprint density at radius 3 is 2.50 bits per heavy atom. The highest BCUT2D eigenvalue weighted by atomic mass is 16.2. The molecule has 2 aromatic rings. The zero-order valence-corrected chi connectivity index (χ0v) is 14.3. The number of aromatic nitrogens is 2. The van der Waals surface area contributed by atoms with Gasteiger partial charge in [-0.1, -0.05) is 12.1 Å². The molecule has 1 fully saturated rings. The fraction of sp³-hybridized carbons (Fsp3) is 0.263. The summed E-state index contributed by atoms with van der Waals surface area (Å²) in [6, 6.07) is 9.25. The Morgan fingerprint density at radius 2 is 1.81 bits per heavy atom. The maximum atomic E-state index is 11.9. The molecule has 0 bridgehead atoms. The highest BCUT2D eigenvalue weighted by Crippen LogP contribution is 2.19. The second-order valence-corrected chi connectivity index (χ2v) is 5.99. The maximum Gasteiger partial charge on any atom is 0.251 e. The van der Waals surface area contributed by atoms with Crippen molar-refractivity contribution < 1.29 is 9.59 Å². The number of hydrogen-bond donors (Lipinski definition) is 3. The molecule has 1 heterocycles. The molecule has 0 atom stereocenters. The van der Waals surface area contributed by atoms with Gasteiger partial charge in [0.1, 0.15) is 0 Å². The molecular formula is C19H21N5O2. The fourth-order valence-corrected chi connectivity index (χ4v) is 2.22. The van der Waals surface area contributed by atoms with E-state index in [1.807, 2.05) is 12.1 Å². The summed E-state index contributed by atoms with van der Waals surface area (Å²) in [5.74, 6) is 0.301. The van der Waals surface area contributed by atoms with Crippen LogP contribution >= 0.6 is 0 Å². The summed E-state index contributed by atoms with van der Waals surface area (Å²) in [7, 11) is 0. The average molecular weight is 351 g/mol. The van der Waals surface area contributed by atoms with Crippen LogP contribution in [0.2, 0.25) is 0 Å². The first-order valence-corrected chi connectivity index (χ1v) is 8.58. The van der Waals surface area contributed by atoms with Gasteiger partial charge >= 0.3 is 0 Å². The second kappa shape index (κ2) is 8.75. The lowest BCUT2D eigenvalue weighted by Gasteiger charge is -2.05. The van der Waals surface area contributed by atoms with Crippen LogP contribution in [0.15, 0.2) is 48.8 Å². The largest absolute Gasteiger partial charge is 0.352 e. The van der Waals surface area contributed by atoms with Crippen molar-refractivity contribution in [2.24, 2.45) is 0 Å². The molecule has 1 aliphatic carbocycles. The van der Waals surface area contributed by atoms with Gasteiger partial charge in [0.05, 0.1) is 0 Å². The van der Waals surface area contributed by atoms with Crippen LogP contribution in [-0.4, -0.2) is 40.9 Å². The molecule has 1 aromatic carbocycles. The van der Waals surface area contributed by atoms with Crippen LogP contribution in [0.4, 0.5) is 5.95 Å². The molecule has 134 valence electrons. The van der Waals surface area contributed by atoms with E-state index < -0.39 is 0 Å². The Morgan fingerprint density at radius 1 is 1.08 bits per heavy atom. The lowest BCUT2D eigenvalue weighted by Crippen LogP contribution is -2.27. The Labute approximate surface area is 151 Å². The van der Waals surface area contributed by atoms with Crippen molar-refractivity contribution in [2.45, 2.75) is 18.9 Å². The minimum atomic E-state index is -0.184. The Bertz CT molecular complexity index is 770. The van der Waals surface area contributed by atoms with E-state index in [9.17, 15) is 9.59 Å². The van der Waals surface area contributed by atoms with Gasteiger partial charge in [-0.3, -0.25) is 9.59 Å². The quantitative estimate of drug-likeness (QED) is 0.496. The van der Waals surface area contributed by atoms with Crippen LogP contribution in [-0.2, 0) is 4.79 Å². The lowest BCUT2D eigenvalue weighted by molar-refractivity contribution is -0.116. The third-order valence-electron chi connectivity index (χ3n) is 3.79. The molecule has 1 saturated carbocycles. The molecule has 0 spiro atoms. The summed E-state index contributed by atoms with van der Waals surface area (Å²) in [6.45, 7) is 0.996. The number of amides is 2. The number of nitrogens with zero attached hydrogens (tertiary/aromatic N) is 2. The normalized spacial score (nSPS) is 13.4. The lowest BCUT2D eigenvalue weighted by atomic mass is 10.1. The first kappa shape index (κ1) is 17.6. The highest BCUT2D eigenvalue weighted by molar-refractivity contribution is 5.95. The highest BCUT2D eigenvalue weighted by Gasteiger charge is 2.23. The fourth-order valence-electron chi connectivity index (χ4n) is 2.22. The monoisotopic (exact) mass is 351 g/mol. The molecule has 3 N–H and O–H groups in total. The van der Waals surface area contributed by atoms with Crippen molar-refractivity contribution in [1.82, 2.24) is 20.6 Å². The average Bonchev–Trinajstić information content (AvgIpc) is 3.49. The van der Waals surface area contributed by atoms with E-state index in [0.717, 1.165) is 18.4 Å². The Balaban J connectivity index is 1.39. The van der Waals surface area contributed by atoms with Crippen molar-refractivity contribution in [3.05, 3.63) is 59.9 Å². The standard InChI is InChI=1S/C19H21N5O2/c25-17(20-12-13-23-19-21-10-1-11-22-19)9-4-14-2-5-15(6-3-14)18(26)24-16-7-8-16/h1-6,9-11,16H,7-8,12-13H2,(H,20,25)(H,24,26)(H,21,22,23). The van der Waals surface area contributed by atoms with E-state index in [1.54, 1.807) is 36.7 Å². The van der Waals surface area contributed by atoms with Gasteiger partial charge in [-0.15, -0.1) is 0 Å². The molecule has 0 aliphatic heterocycles. The molecular weight excluding hydrogens is 330 g/mol. The van der Waals surface area contributed by atoms with Gasteiger partial charge in [0.25, 0.3) is 5.91 Å². The van der Waals surface area contributed by atoms with Crippen LogP contribution in [0.5, 0.6) is 0 Å². The predicted molar refractivity (Wildman–Crippen MR) is 99.5 cm³/mol.